The van der Waals surface area contributed by atoms with Gasteiger partial charge in [0.1, 0.15) is 6.54 Å². The molecule has 3 rings (SSSR count). The Bertz CT molecular complexity index is 723. The summed E-state index contributed by atoms with van der Waals surface area (Å²) < 4.78 is 12.8. The van der Waals surface area contributed by atoms with Crippen molar-refractivity contribution < 1.29 is 40.8 Å². The van der Waals surface area contributed by atoms with Crippen LogP contribution in [0.1, 0.15) is 16.9 Å². The van der Waals surface area contributed by atoms with Gasteiger partial charge in [-0.25, -0.2) is 4.79 Å². The monoisotopic (exact) mass is 455 g/mol. The summed E-state index contributed by atoms with van der Waals surface area (Å²) in [4.78, 5) is 14.2. The van der Waals surface area contributed by atoms with Crippen LogP contribution >= 0.6 is 11.3 Å². The average Bonchev–Trinajstić information content (AvgIpc) is 3.27. The van der Waals surface area contributed by atoms with Crippen molar-refractivity contribution in [2.75, 3.05) is 40.4 Å². The molecule has 27 heavy (non-hydrogen) atoms. The molecule has 2 unspecified atom stereocenters. The Hall–Kier alpha value is -1.25. The van der Waals surface area contributed by atoms with Gasteiger partial charge in [-0.3, -0.25) is 0 Å². The third kappa shape index (κ3) is 4.78. The minimum absolute atomic E-state index is 0. The van der Waals surface area contributed by atoms with Crippen LogP contribution in [0.25, 0.3) is 0 Å². The first-order valence-electron chi connectivity index (χ1n) is 8.85. The summed E-state index contributed by atoms with van der Waals surface area (Å²) in [6.45, 7) is 1.66. The van der Waals surface area contributed by atoms with Gasteiger partial charge in [-0.05, 0) is 11.4 Å². The minimum atomic E-state index is -1.35. The van der Waals surface area contributed by atoms with E-state index in [-0.39, 0.29) is 36.3 Å². The number of ether oxygens (including phenoxy) is 2. The summed E-state index contributed by atoms with van der Waals surface area (Å²) in [6.07, 6.45) is 0.715. The van der Waals surface area contributed by atoms with E-state index in [1.165, 1.54) is 11.3 Å². The fourth-order valence-corrected chi connectivity index (χ4v) is 4.37. The summed E-state index contributed by atoms with van der Waals surface area (Å²) in [5.74, 6) is -0.411. The zero-order valence-corrected chi connectivity index (χ0v) is 18.0. The summed E-state index contributed by atoms with van der Waals surface area (Å²) in [6, 6.07) is 13.2. The van der Waals surface area contributed by atoms with Crippen molar-refractivity contribution in [3.05, 3.63) is 58.3 Å². The van der Waals surface area contributed by atoms with Crippen LogP contribution in [0, 0.1) is 0 Å². The Kier molecular flexibility index (Phi) is 7.59. The smallest absolute Gasteiger partial charge is 0.349 e. The van der Waals surface area contributed by atoms with E-state index >= 15 is 0 Å². The first-order valence-corrected chi connectivity index (χ1v) is 9.73. The highest BCUT2D eigenvalue weighted by Gasteiger charge is 2.48. The summed E-state index contributed by atoms with van der Waals surface area (Å²) in [7, 11) is 4.28. The third-order valence-corrected chi connectivity index (χ3v) is 5.74. The molecule has 0 radical (unpaired) electrons. The highest BCUT2D eigenvalue weighted by molar-refractivity contribution is 7.10. The topological polar surface area (TPSA) is 55.8 Å². The summed E-state index contributed by atoms with van der Waals surface area (Å²) in [5, 5.41) is 11.2. The lowest BCUT2D eigenvalue weighted by Crippen LogP contribution is -3.00. The fourth-order valence-electron chi connectivity index (χ4n) is 3.48. The Balaban J connectivity index is 0.00000261. The first-order chi connectivity index (χ1) is 12.5. The summed E-state index contributed by atoms with van der Waals surface area (Å²) >= 11 is 1.45. The second-order valence-electron chi connectivity index (χ2n) is 7.25. The number of thiophene rings is 1. The molecule has 1 fully saturated rings. The highest BCUT2D eigenvalue weighted by Crippen LogP contribution is 2.38. The van der Waals surface area contributed by atoms with E-state index in [9.17, 15) is 9.90 Å². The third-order valence-electron chi connectivity index (χ3n) is 4.77. The normalized spacial score (nSPS) is 20.5. The Morgan fingerprint density at radius 1 is 1.26 bits per heavy atom. The number of likely N-dealkylation sites (tertiary alicyclic amines) is 1. The van der Waals surface area contributed by atoms with Crippen molar-refractivity contribution in [2.24, 2.45) is 0 Å². The van der Waals surface area contributed by atoms with Crippen molar-refractivity contribution in [1.29, 1.82) is 0 Å². The largest absolute Gasteiger partial charge is 1.00 e. The number of likely N-dealkylation sites (N-methyl/N-ethyl adjacent to an activating group) is 1. The number of benzene rings is 1. The number of carbonyl (C=O) groups excluding carboxylic acids is 1. The molecule has 7 heteroatoms. The molecule has 0 spiro atoms. The molecule has 1 aromatic heterocycles. The minimum Gasteiger partial charge on any atom is -1.00 e. The van der Waals surface area contributed by atoms with Gasteiger partial charge in [0.15, 0.2) is 6.10 Å². The number of hydrogen-bond donors (Lipinski definition) is 1. The number of aliphatic hydroxyl groups is 1. The fraction of sp³-hybridized carbons (Fsp3) is 0.450. The van der Waals surface area contributed by atoms with Crippen molar-refractivity contribution in [3.63, 3.8) is 0 Å². The van der Waals surface area contributed by atoms with Crippen molar-refractivity contribution in [3.8, 4) is 0 Å². The van der Waals surface area contributed by atoms with Gasteiger partial charge in [0.25, 0.3) is 0 Å². The van der Waals surface area contributed by atoms with Crippen LogP contribution in [0.2, 0.25) is 0 Å². The molecule has 0 amide bonds. The standard InChI is InChI=1S/C20H26NO4S.BrH/c1-21(2)11-10-17(15-21)25-19(23)20(24-13-12-22,18-9-6-14-26-18)16-7-4-3-5-8-16;/h3-9,14,17,22H,10-13,15H2,1-2H3;1H/q+1;/p-1. The number of nitrogens with zero attached hydrogens (tertiary/aromatic N) is 1. The number of hydrogen-bond acceptors (Lipinski definition) is 5. The molecular formula is C20H26BrNO4S. The molecule has 0 aliphatic carbocycles. The maximum absolute atomic E-state index is 13.4. The van der Waals surface area contributed by atoms with Crippen LogP contribution in [-0.2, 0) is 19.9 Å². The highest BCUT2D eigenvalue weighted by atomic mass is 79.9. The molecule has 2 heterocycles. The predicted molar refractivity (Wildman–Crippen MR) is 101 cm³/mol. The number of quaternary nitrogens is 1. The molecule has 1 saturated heterocycles. The van der Waals surface area contributed by atoms with Gasteiger partial charge in [0.05, 0.1) is 38.7 Å². The maximum atomic E-state index is 13.4. The van der Waals surface area contributed by atoms with Gasteiger partial charge >= 0.3 is 5.97 Å². The molecule has 2 aromatic rings. The Labute approximate surface area is 174 Å². The van der Waals surface area contributed by atoms with E-state index in [0.29, 0.717) is 5.56 Å². The number of aliphatic hydroxyl groups excluding tert-OH is 1. The van der Waals surface area contributed by atoms with E-state index in [0.717, 1.165) is 28.9 Å². The SMILES string of the molecule is C[N+]1(C)CCC(OC(=O)C(OCCO)(c2ccccc2)c2cccs2)C1.[Br-]. The molecule has 0 saturated carbocycles. The Morgan fingerprint density at radius 3 is 2.56 bits per heavy atom. The Morgan fingerprint density at radius 2 is 2.00 bits per heavy atom. The zero-order chi connectivity index (χ0) is 18.6. The number of rotatable bonds is 7. The lowest BCUT2D eigenvalue weighted by atomic mass is 9.91. The van der Waals surface area contributed by atoms with E-state index in [2.05, 4.69) is 14.1 Å². The lowest BCUT2D eigenvalue weighted by molar-refractivity contribution is -0.879. The summed E-state index contributed by atoms with van der Waals surface area (Å²) in [5.41, 5.74) is -0.634. The zero-order valence-electron chi connectivity index (χ0n) is 15.6. The molecule has 2 atom stereocenters. The van der Waals surface area contributed by atoms with E-state index in [1.807, 2.05) is 47.8 Å². The second kappa shape index (κ2) is 9.30. The van der Waals surface area contributed by atoms with Gasteiger partial charge in [-0.15, -0.1) is 11.3 Å². The lowest BCUT2D eigenvalue weighted by Gasteiger charge is -2.32. The van der Waals surface area contributed by atoms with Gasteiger partial charge in [0.2, 0.25) is 5.60 Å². The van der Waals surface area contributed by atoms with Gasteiger partial charge in [-0.2, -0.15) is 0 Å². The molecule has 0 bridgehead atoms. The van der Waals surface area contributed by atoms with E-state index in [4.69, 9.17) is 9.47 Å². The van der Waals surface area contributed by atoms with Crippen LogP contribution in [0.15, 0.2) is 47.8 Å². The van der Waals surface area contributed by atoms with E-state index in [1.54, 1.807) is 0 Å². The van der Waals surface area contributed by atoms with Gasteiger partial charge in [-0.1, -0.05) is 36.4 Å². The molecule has 1 aromatic carbocycles. The maximum Gasteiger partial charge on any atom is 0.349 e. The van der Waals surface area contributed by atoms with Crippen LogP contribution in [0.5, 0.6) is 0 Å². The average molecular weight is 456 g/mol. The quantitative estimate of drug-likeness (QED) is 0.447. The predicted octanol–water partition coefficient (Wildman–Crippen LogP) is -0.603. The molecule has 1 aliphatic rings. The molecule has 1 N–H and O–H groups in total. The number of carbonyl (C=O) groups is 1. The van der Waals surface area contributed by atoms with E-state index < -0.39 is 11.6 Å². The first kappa shape index (κ1) is 22.0. The van der Waals surface area contributed by atoms with Gasteiger partial charge < -0.3 is 36.0 Å². The van der Waals surface area contributed by atoms with Crippen LogP contribution in [-0.4, -0.2) is 62.1 Å². The van der Waals surface area contributed by atoms with Crippen molar-refractivity contribution in [2.45, 2.75) is 18.1 Å². The van der Waals surface area contributed by atoms with Crippen LogP contribution in [0.4, 0.5) is 0 Å². The molecule has 1 aliphatic heterocycles. The van der Waals surface area contributed by atoms with Crippen LogP contribution < -0.4 is 17.0 Å². The van der Waals surface area contributed by atoms with Gasteiger partial charge in [0, 0.05) is 12.0 Å². The second-order valence-corrected chi connectivity index (χ2v) is 8.20. The number of esters is 1. The van der Waals surface area contributed by atoms with Crippen molar-refractivity contribution in [1.82, 2.24) is 0 Å². The molecular weight excluding hydrogens is 430 g/mol. The molecule has 148 valence electrons. The number of halogens is 1. The van der Waals surface area contributed by atoms with Crippen molar-refractivity contribution >= 4 is 17.3 Å². The van der Waals surface area contributed by atoms with Crippen LogP contribution in [0.3, 0.4) is 0 Å². The molecule has 5 nitrogen and oxygen atoms in total.